The number of rotatable bonds is 4. The van der Waals surface area contributed by atoms with Crippen LogP contribution in [-0.2, 0) is 4.79 Å². The highest BCUT2D eigenvalue weighted by atomic mass is 16.4. The van der Waals surface area contributed by atoms with E-state index in [0.717, 1.165) is 19.5 Å². The Hall–Kier alpha value is -0.610. The maximum Gasteiger partial charge on any atom is 0.306 e. The zero-order chi connectivity index (χ0) is 11.0. The molecule has 0 amide bonds. The first kappa shape index (κ1) is 10.9. The lowest BCUT2D eigenvalue weighted by Gasteiger charge is -2.23. The van der Waals surface area contributed by atoms with Crippen LogP contribution in [0.5, 0.6) is 0 Å². The molecule has 2 rings (SSSR count). The minimum Gasteiger partial charge on any atom is -0.481 e. The topological polar surface area (TPSA) is 52.6 Å². The molecule has 1 aliphatic heterocycles. The van der Waals surface area contributed by atoms with Crippen molar-refractivity contribution in [3.63, 3.8) is 0 Å². The Morgan fingerprint density at radius 3 is 2.73 bits per heavy atom. The number of carboxylic acids is 1. The average molecular weight is 212 g/mol. The Bertz CT molecular complexity index is 257. The number of carbonyl (C=O) groups is 1. The third-order valence-corrected chi connectivity index (χ3v) is 3.89. The van der Waals surface area contributed by atoms with Gasteiger partial charge in [-0.3, -0.25) is 4.79 Å². The van der Waals surface area contributed by atoms with Crippen molar-refractivity contribution in [3.8, 4) is 0 Å². The first-order valence-corrected chi connectivity index (χ1v) is 5.72. The summed E-state index contributed by atoms with van der Waals surface area (Å²) in [6, 6.07) is 0.399. The number of aliphatic carboxylic acids is 1. The van der Waals surface area contributed by atoms with Crippen LogP contribution in [0.3, 0.4) is 0 Å². The van der Waals surface area contributed by atoms with E-state index in [0.29, 0.717) is 17.9 Å². The second-order valence-electron chi connectivity index (χ2n) is 4.97. The first-order valence-electron chi connectivity index (χ1n) is 5.72. The van der Waals surface area contributed by atoms with E-state index < -0.39 is 5.97 Å². The van der Waals surface area contributed by atoms with E-state index in [1.54, 1.807) is 0 Å². The van der Waals surface area contributed by atoms with Crippen LogP contribution in [0.15, 0.2) is 0 Å². The molecule has 0 bridgehead atoms. The molecule has 15 heavy (non-hydrogen) atoms. The average Bonchev–Trinajstić information content (AvgIpc) is 2.85. The zero-order valence-electron chi connectivity index (χ0n) is 9.44. The predicted octanol–water partition coefficient (Wildman–Crippen LogP) is 0.247. The Kier molecular flexibility index (Phi) is 2.98. The molecule has 0 spiro atoms. The molecular formula is C11H20N2O2. The van der Waals surface area contributed by atoms with E-state index >= 15 is 0 Å². The minimum atomic E-state index is -0.619. The molecule has 0 aromatic heterocycles. The van der Waals surface area contributed by atoms with Gasteiger partial charge in [-0.25, -0.2) is 0 Å². The predicted molar refractivity (Wildman–Crippen MR) is 57.7 cm³/mol. The molecule has 1 saturated heterocycles. The smallest absolute Gasteiger partial charge is 0.306 e. The molecule has 2 aliphatic rings. The third kappa shape index (κ3) is 2.16. The molecule has 1 aliphatic carbocycles. The zero-order valence-corrected chi connectivity index (χ0v) is 9.44. The van der Waals surface area contributed by atoms with E-state index in [2.05, 4.69) is 17.3 Å². The monoisotopic (exact) mass is 212 g/mol. The van der Waals surface area contributed by atoms with Gasteiger partial charge in [0, 0.05) is 12.6 Å². The van der Waals surface area contributed by atoms with Crippen molar-refractivity contribution in [3.05, 3.63) is 0 Å². The summed E-state index contributed by atoms with van der Waals surface area (Å²) in [5.41, 5.74) is 0. The summed E-state index contributed by atoms with van der Waals surface area (Å²) < 4.78 is 0. The lowest BCUT2D eigenvalue weighted by atomic mass is 9.94. The fraction of sp³-hybridized carbons (Fsp3) is 0.909. The SMILES string of the molecule is CNC(C1CCN(C)C1)C1CC1C(=O)O. The molecule has 4 nitrogen and oxygen atoms in total. The normalized spacial score (nSPS) is 37.9. The van der Waals surface area contributed by atoms with Gasteiger partial charge >= 0.3 is 5.97 Å². The van der Waals surface area contributed by atoms with Crippen LogP contribution < -0.4 is 5.32 Å². The highest BCUT2D eigenvalue weighted by Gasteiger charge is 2.50. The van der Waals surface area contributed by atoms with Gasteiger partial charge in [0.1, 0.15) is 0 Å². The summed E-state index contributed by atoms with van der Waals surface area (Å²) in [6.07, 6.45) is 2.06. The highest BCUT2D eigenvalue weighted by molar-refractivity contribution is 5.73. The minimum absolute atomic E-state index is 0.0895. The maximum atomic E-state index is 10.8. The fourth-order valence-corrected chi connectivity index (χ4v) is 2.96. The third-order valence-electron chi connectivity index (χ3n) is 3.89. The van der Waals surface area contributed by atoms with Crippen molar-refractivity contribution in [2.45, 2.75) is 18.9 Å². The molecule has 2 N–H and O–H groups in total. The Morgan fingerprint density at radius 2 is 2.33 bits per heavy atom. The first-order chi connectivity index (χ1) is 7.13. The molecule has 4 heteroatoms. The standard InChI is InChI=1S/C11H20N2O2/c1-12-10(7-3-4-13(2)6-7)8-5-9(8)11(14)15/h7-10,12H,3-6H2,1-2H3,(H,14,15). The van der Waals surface area contributed by atoms with Crippen molar-refractivity contribution < 1.29 is 9.90 Å². The molecule has 86 valence electrons. The summed E-state index contributed by atoms with van der Waals surface area (Å²) >= 11 is 0. The number of hydrogen-bond donors (Lipinski definition) is 2. The largest absolute Gasteiger partial charge is 0.481 e. The van der Waals surface area contributed by atoms with Crippen molar-refractivity contribution >= 4 is 5.97 Å². The van der Waals surface area contributed by atoms with Gasteiger partial charge in [-0.1, -0.05) is 0 Å². The van der Waals surface area contributed by atoms with E-state index in [9.17, 15) is 4.79 Å². The van der Waals surface area contributed by atoms with Crippen LogP contribution in [0.25, 0.3) is 0 Å². The van der Waals surface area contributed by atoms with Crippen molar-refractivity contribution in [2.75, 3.05) is 27.2 Å². The summed E-state index contributed by atoms with van der Waals surface area (Å²) in [7, 11) is 4.09. The lowest BCUT2D eigenvalue weighted by molar-refractivity contribution is -0.139. The van der Waals surface area contributed by atoms with Crippen molar-refractivity contribution in [1.82, 2.24) is 10.2 Å². The summed E-state index contributed by atoms with van der Waals surface area (Å²) in [6.45, 7) is 2.25. The van der Waals surface area contributed by atoms with Crippen LogP contribution >= 0.6 is 0 Å². The van der Waals surface area contributed by atoms with Gasteiger partial charge < -0.3 is 15.3 Å². The van der Waals surface area contributed by atoms with E-state index in [1.165, 1.54) is 6.42 Å². The molecule has 4 atom stereocenters. The second kappa shape index (κ2) is 4.10. The number of hydrogen-bond acceptors (Lipinski definition) is 3. The summed E-state index contributed by atoms with van der Waals surface area (Å²) in [4.78, 5) is 13.2. The summed E-state index contributed by atoms with van der Waals surface area (Å²) in [5, 5.41) is 12.2. The summed E-state index contributed by atoms with van der Waals surface area (Å²) in [5.74, 6) is 0.290. The van der Waals surface area contributed by atoms with Crippen LogP contribution in [0.2, 0.25) is 0 Å². The molecule has 2 fully saturated rings. The van der Waals surface area contributed by atoms with Gasteiger partial charge in [0.15, 0.2) is 0 Å². The van der Waals surface area contributed by atoms with Gasteiger partial charge in [0.05, 0.1) is 5.92 Å². The highest BCUT2D eigenvalue weighted by Crippen LogP contribution is 2.44. The van der Waals surface area contributed by atoms with Crippen LogP contribution in [0, 0.1) is 17.8 Å². The Labute approximate surface area is 90.6 Å². The Balaban J connectivity index is 1.91. The molecule has 0 aromatic carbocycles. The number of likely N-dealkylation sites (tertiary alicyclic amines) is 1. The maximum absolute atomic E-state index is 10.8. The number of carboxylic acid groups (broad SMARTS) is 1. The second-order valence-corrected chi connectivity index (χ2v) is 4.97. The van der Waals surface area contributed by atoms with E-state index in [1.807, 2.05) is 7.05 Å². The fourth-order valence-electron chi connectivity index (χ4n) is 2.96. The molecule has 4 unspecified atom stereocenters. The number of nitrogens with zero attached hydrogens (tertiary/aromatic N) is 1. The number of nitrogens with one attached hydrogen (secondary N) is 1. The van der Waals surface area contributed by atoms with Gasteiger partial charge in [-0.05, 0) is 45.3 Å². The van der Waals surface area contributed by atoms with Crippen molar-refractivity contribution in [2.24, 2.45) is 17.8 Å². The van der Waals surface area contributed by atoms with Crippen molar-refractivity contribution in [1.29, 1.82) is 0 Å². The van der Waals surface area contributed by atoms with Gasteiger partial charge in [0.25, 0.3) is 0 Å². The lowest BCUT2D eigenvalue weighted by Crippen LogP contribution is -2.37. The quantitative estimate of drug-likeness (QED) is 0.701. The van der Waals surface area contributed by atoms with Gasteiger partial charge in [-0.15, -0.1) is 0 Å². The molecule has 0 radical (unpaired) electrons. The van der Waals surface area contributed by atoms with Crippen LogP contribution in [-0.4, -0.2) is 49.2 Å². The van der Waals surface area contributed by atoms with Crippen LogP contribution in [0.4, 0.5) is 0 Å². The van der Waals surface area contributed by atoms with E-state index in [4.69, 9.17) is 5.11 Å². The molecule has 0 aromatic rings. The Morgan fingerprint density at radius 1 is 1.60 bits per heavy atom. The van der Waals surface area contributed by atoms with Crippen LogP contribution in [0.1, 0.15) is 12.8 Å². The van der Waals surface area contributed by atoms with E-state index in [-0.39, 0.29) is 5.92 Å². The van der Waals surface area contributed by atoms with Gasteiger partial charge in [0.2, 0.25) is 0 Å². The molecule has 1 saturated carbocycles. The molecule has 1 heterocycles. The van der Waals surface area contributed by atoms with Gasteiger partial charge in [-0.2, -0.15) is 0 Å². The molecular weight excluding hydrogens is 192 g/mol.